The van der Waals surface area contributed by atoms with Gasteiger partial charge in [0.2, 0.25) is 0 Å². The van der Waals surface area contributed by atoms with Crippen molar-refractivity contribution in [1.29, 1.82) is 0 Å². The van der Waals surface area contributed by atoms with Crippen LogP contribution in [0.3, 0.4) is 0 Å². The molecular formula is C21H28N4O3. The lowest BCUT2D eigenvalue weighted by Crippen LogP contribution is -2.37. The molecule has 0 radical (unpaired) electrons. The summed E-state index contributed by atoms with van der Waals surface area (Å²) >= 11 is 0. The second kappa shape index (κ2) is 11.7. The number of hydrogen-bond acceptors (Lipinski definition) is 4. The molecule has 2 aromatic carbocycles. The van der Waals surface area contributed by atoms with E-state index in [0.29, 0.717) is 32.3 Å². The Bertz CT molecular complexity index is 758. The van der Waals surface area contributed by atoms with Crippen LogP contribution in [0.15, 0.2) is 53.5 Å². The zero-order chi connectivity index (χ0) is 20.2. The van der Waals surface area contributed by atoms with E-state index in [-0.39, 0.29) is 5.69 Å². The van der Waals surface area contributed by atoms with Crippen LogP contribution in [-0.4, -0.2) is 30.6 Å². The summed E-state index contributed by atoms with van der Waals surface area (Å²) in [7, 11) is 0. The number of benzene rings is 2. The number of rotatable bonds is 10. The molecule has 0 aromatic heterocycles. The van der Waals surface area contributed by atoms with Gasteiger partial charge in [-0.25, -0.2) is 4.99 Å². The molecule has 0 bridgehead atoms. The highest BCUT2D eigenvalue weighted by Crippen LogP contribution is 2.11. The van der Waals surface area contributed by atoms with Crippen LogP contribution in [0.25, 0.3) is 0 Å². The minimum absolute atomic E-state index is 0.0889. The van der Waals surface area contributed by atoms with Gasteiger partial charge >= 0.3 is 0 Å². The highest BCUT2D eigenvalue weighted by Gasteiger charge is 2.05. The number of nitro groups is 1. The Hall–Kier alpha value is -2.93. The standard InChI is InChI=1S/C21H28N4O3/c1-3-28-14-4-13-22-21(23-15-18-7-5-17(2)6-8-18)24-16-19-9-11-20(12-10-19)25(26)27/h5-12H,3-4,13-16H2,1-2H3,(H2,22,23,24). The molecule has 7 heteroatoms. The van der Waals surface area contributed by atoms with Crippen LogP contribution in [0, 0.1) is 17.0 Å². The first-order valence-electron chi connectivity index (χ1n) is 9.47. The predicted molar refractivity (Wildman–Crippen MR) is 111 cm³/mol. The van der Waals surface area contributed by atoms with Gasteiger partial charge in [0, 0.05) is 38.4 Å². The maximum absolute atomic E-state index is 10.8. The summed E-state index contributed by atoms with van der Waals surface area (Å²) in [5.41, 5.74) is 3.39. The van der Waals surface area contributed by atoms with E-state index in [1.165, 1.54) is 17.7 Å². The van der Waals surface area contributed by atoms with E-state index in [4.69, 9.17) is 4.74 Å². The fourth-order valence-electron chi connectivity index (χ4n) is 2.48. The molecule has 0 saturated carbocycles. The molecule has 2 rings (SSSR count). The molecule has 0 saturated heterocycles. The molecule has 28 heavy (non-hydrogen) atoms. The second-order valence-electron chi connectivity index (χ2n) is 6.40. The summed E-state index contributed by atoms with van der Waals surface area (Å²) in [5.74, 6) is 0.704. The number of nitrogens with zero attached hydrogens (tertiary/aromatic N) is 2. The summed E-state index contributed by atoms with van der Waals surface area (Å²) in [4.78, 5) is 15.0. The van der Waals surface area contributed by atoms with Gasteiger partial charge < -0.3 is 15.4 Å². The molecule has 150 valence electrons. The van der Waals surface area contributed by atoms with Gasteiger partial charge in [-0.3, -0.25) is 10.1 Å². The fourth-order valence-corrected chi connectivity index (χ4v) is 2.48. The van der Waals surface area contributed by atoms with Crippen LogP contribution in [0.5, 0.6) is 0 Å². The average molecular weight is 384 g/mol. The van der Waals surface area contributed by atoms with Gasteiger partial charge in [0.1, 0.15) is 0 Å². The molecule has 0 unspecified atom stereocenters. The second-order valence-corrected chi connectivity index (χ2v) is 6.40. The number of nitrogens with one attached hydrogen (secondary N) is 2. The molecule has 0 atom stereocenters. The number of ether oxygens (including phenoxy) is 1. The van der Waals surface area contributed by atoms with Crippen molar-refractivity contribution in [2.24, 2.45) is 4.99 Å². The highest BCUT2D eigenvalue weighted by atomic mass is 16.6. The maximum Gasteiger partial charge on any atom is 0.269 e. The lowest BCUT2D eigenvalue weighted by atomic mass is 10.1. The Kier molecular flexibility index (Phi) is 8.94. The maximum atomic E-state index is 10.8. The normalized spacial score (nSPS) is 11.3. The number of nitro benzene ring substituents is 1. The molecule has 2 N–H and O–H groups in total. The molecule has 0 aliphatic carbocycles. The van der Waals surface area contributed by atoms with E-state index in [2.05, 4.69) is 46.8 Å². The van der Waals surface area contributed by atoms with E-state index in [1.807, 2.05) is 6.92 Å². The summed E-state index contributed by atoms with van der Waals surface area (Å²) in [5, 5.41) is 17.4. The summed E-state index contributed by atoms with van der Waals surface area (Å²) in [6.07, 6.45) is 0.886. The van der Waals surface area contributed by atoms with Gasteiger partial charge in [-0.15, -0.1) is 0 Å². The SMILES string of the molecule is CCOCCCNC(=NCc1ccc(C)cc1)NCc1ccc([N+](=O)[O-])cc1. The Morgan fingerprint density at radius 3 is 2.39 bits per heavy atom. The average Bonchev–Trinajstić information content (AvgIpc) is 2.70. The van der Waals surface area contributed by atoms with Gasteiger partial charge in [-0.1, -0.05) is 42.0 Å². The number of aliphatic imine (C=N–C) groups is 1. The number of guanidine groups is 1. The van der Waals surface area contributed by atoms with E-state index < -0.39 is 4.92 Å². The van der Waals surface area contributed by atoms with Gasteiger partial charge in [0.15, 0.2) is 5.96 Å². The molecule has 0 fully saturated rings. The summed E-state index contributed by atoms with van der Waals surface area (Å²) < 4.78 is 5.36. The lowest BCUT2D eigenvalue weighted by Gasteiger charge is -2.13. The topological polar surface area (TPSA) is 88.8 Å². The Morgan fingerprint density at radius 1 is 1.07 bits per heavy atom. The van der Waals surface area contributed by atoms with Crippen molar-refractivity contribution in [2.75, 3.05) is 19.8 Å². The van der Waals surface area contributed by atoms with Crippen molar-refractivity contribution in [2.45, 2.75) is 33.4 Å². The third kappa shape index (κ3) is 7.75. The summed E-state index contributed by atoms with van der Waals surface area (Å²) in [6.45, 7) is 7.31. The van der Waals surface area contributed by atoms with Crippen molar-refractivity contribution in [1.82, 2.24) is 10.6 Å². The zero-order valence-corrected chi connectivity index (χ0v) is 16.5. The van der Waals surface area contributed by atoms with Gasteiger partial charge in [-0.2, -0.15) is 0 Å². The third-order valence-electron chi connectivity index (χ3n) is 4.11. The summed E-state index contributed by atoms with van der Waals surface area (Å²) in [6, 6.07) is 14.8. The van der Waals surface area contributed by atoms with E-state index in [1.54, 1.807) is 12.1 Å². The first-order valence-corrected chi connectivity index (χ1v) is 9.47. The monoisotopic (exact) mass is 384 g/mol. The van der Waals surface area contributed by atoms with Crippen LogP contribution < -0.4 is 10.6 Å². The van der Waals surface area contributed by atoms with Crippen molar-refractivity contribution in [3.05, 3.63) is 75.3 Å². The van der Waals surface area contributed by atoms with Crippen LogP contribution in [0.2, 0.25) is 0 Å². The molecule has 0 amide bonds. The molecule has 7 nitrogen and oxygen atoms in total. The number of hydrogen-bond donors (Lipinski definition) is 2. The largest absolute Gasteiger partial charge is 0.382 e. The van der Waals surface area contributed by atoms with Gasteiger partial charge in [0.25, 0.3) is 5.69 Å². The van der Waals surface area contributed by atoms with E-state index >= 15 is 0 Å². The molecule has 2 aromatic rings. The number of aryl methyl sites for hydroxylation is 1. The Balaban J connectivity index is 1.94. The van der Waals surface area contributed by atoms with Crippen molar-refractivity contribution < 1.29 is 9.66 Å². The van der Waals surface area contributed by atoms with Crippen LogP contribution in [0.1, 0.15) is 30.0 Å². The molecule has 0 aliphatic rings. The quantitative estimate of drug-likeness (QED) is 0.215. The smallest absolute Gasteiger partial charge is 0.269 e. The van der Waals surface area contributed by atoms with Crippen LogP contribution in [0.4, 0.5) is 5.69 Å². The molecular weight excluding hydrogens is 356 g/mol. The minimum atomic E-state index is -0.397. The van der Waals surface area contributed by atoms with Crippen LogP contribution >= 0.6 is 0 Å². The number of non-ortho nitro benzene ring substituents is 1. The lowest BCUT2D eigenvalue weighted by molar-refractivity contribution is -0.384. The first-order chi connectivity index (χ1) is 13.6. The van der Waals surface area contributed by atoms with E-state index in [9.17, 15) is 10.1 Å². The first kappa shape index (κ1) is 21.4. The van der Waals surface area contributed by atoms with Gasteiger partial charge in [0.05, 0.1) is 11.5 Å². The van der Waals surface area contributed by atoms with Gasteiger partial charge in [-0.05, 0) is 31.4 Å². The molecule has 0 aliphatic heterocycles. The Morgan fingerprint density at radius 2 is 1.75 bits per heavy atom. The minimum Gasteiger partial charge on any atom is -0.382 e. The van der Waals surface area contributed by atoms with Crippen molar-refractivity contribution in [3.63, 3.8) is 0 Å². The Labute approximate surface area is 166 Å². The molecule has 0 heterocycles. The van der Waals surface area contributed by atoms with Crippen molar-refractivity contribution in [3.8, 4) is 0 Å². The fraction of sp³-hybridized carbons (Fsp3) is 0.381. The zero-order valence-electron chi connectivity index (χ0n) is 16.5. The highest BCUT2D eigenvalue weighted by molar-refractivity contribution is 5.79. The van der Waals surface area contributed by atoms with Crippen LogP contribution in [-0.2, 0) is 17.8 Å². The molecule has 0 spiro atoms. The van der Waals surface area contributed by atoms with E-state index in [0.717, 1.165) is 24.1 Å². The third-order valence-corrected chi connectivity index (χ3v) is 4.11. The predicted octanol–water partition coefficient (Wildman–Crippen LogP) is 3.57. The van der Waals surface area contributed by atoms with Crippen molar-refractivity contribution >= 4 is 11.6 Å².